The van der Waals surface area contributed by atoms with Crippen molar-refractivity contribution in [3.8, 4) is 0 Å². The Morgan fingerprint density at radius 2 is 1.96 bits per heavy atom. The molecule has 5 heteroatoms. The Hall–Kier alpha value is -3.08. The Morgan fingerprint density at radius 1 is 1.09 bits per heavy atom. The van der Waals surface area contributed by atoms with Gasteiger partial charge in [-0.2, -0.15) is 0 Å². The summed E-state index contributed by atoms with van der Waals surface area (Å²) in [5.74, 6) is 0.698. The van der Waals surface area contributed by atoms with Crippen molar-refractivity contribution in [2.75, 3.05) is 5.32 Å². The topological polar surface area (TPSA) is 58.4 Å². The number of pyridine rings is 1. The van der Waals surface area contributed by atoms with E-state index < -0.39 is 0 Å². The highest BCUT2D eigenvalue weighted by Gasteiger charge is 2.38. The molecule has 23 heavy (non-hydrogen) atoms. The van der Waals surface area contributed by atoms with Gasteiger partial charge in [-0.15, -0.1) is 0 Å². The number of aromatic nitrogens is 1. The summed E-state index contributed by atoms with van der Waals surface area (Å²) >= 11 is 0. The van der Waals surface area contributed by atoms with Crippen molar-refractivity contribution in [1.29, 1.82) is 0 Å². The molecule has 1 aliphatic heterocycles. The molecule has 0 aliphatic carbocycles. The number of nitrogens with one attached hydrogen (secondary N) is 1. The summed E-state index contributed by atoms with van der Waals surface area (Å²) in [7, 11) is 0. The SMILES string of the molecule is O=C1c2cccnc2[C@H](Nc2ccccc2)N1Cc1ccco1. The summed E-state index contributed by atoms with van der Waals surface area (Å²) in [6.45, 7) is 0.396. The van der Waals surface area contributed by atoms with E-state index in [1.54, 1.807) is 23.4 Å². The maximum absolute atomic E-state index is 12.7. The molecule has 1 N–H and O–H groups in total. The van der Waals surface area contributed by atoms with Gasteiger partial charge in [0, 0.05) is 11.9 Å². The fraction of sp³-hybridized carbons (Fsp3) is 0.111. The molecular weight excluding hydrogens is 290 g/mol. The molecule has 0 fully saturated rings. The summed E-state index contributed by atoms with van der Waals surface area (Å²) in [5, 5.41) is 3.39. The molecule has 1 aromatic carbocycles. The van der Waals surface area contributed by atoms with Crippen LogP contribution in [0.5, 0.6) is 0 Å². The Bertz CT molecular complexity index is 815. The van der Waals surface area contributed by atoms with Gasteiger partial charge in [-0.3, -0.25) is 9.78 Å². The lowest BCUT2D eigenvalue weighted by Crippen LogP contribution is -2.31. The molecular formula is C18H15N3O2. The van der Waals surface area contributed by atoms with E-state index in [0.717, 1.165) is 17.1 Å². The molecule has 0 bridgehead atoms. The van der Waals surface area contributed by atoms with Gasteiger partial charge in [0.2, 0.25) is 0 Å². The van der Waals surface area contributed by atoms with Crippen LogP contribution < -0.4 is 5.32 Å². The number of carbonyl (C=O) groups excluding carboxylic acids is 1. The number of para-hydroxylation sites is 1. The second-order valence-electron chi connectivity index (χ2n) is 5.36. The van der Waals surface area contributed by atoms with E-state index in [-0.39, 0.29) is 12.1 Å². The second kappa shape index (κ2) is 5.61. The Labute approximate surface area is 133 Å². The van der Waals surface area contributed by atoms with E-state index in [1.807, 2.05) is 48.5 Å². The number of rotatable bonds is 4. The summed E-state index contributed by atoms with van der Waals surface area (Å²) in [6.07, 6.45) is 3.01. The number of furan rings is 1. The lowest BCUT2D eigenvalue weighted by molar-refractivity contribution is 0.0714. The van der Waals surface area contributed by atoms with Crippen LogP contribution in [0.25, 0.3) is 0 Å². The standard InChI is InChI=1S/C18H15N3O2/c22-18-15-9-4-10-19-16(15)17(20-13-6-2-1-3-7-13)21(18)12-14-8-5-11-23-14/h1-11,17,20H,12H2/t17-/m1/s1. The van der Waals surface area contributed by atoms with E-state index in [1.165, 1.54) is 0 Å². The zero-order valence-corrected chi connectivity index (χ0v) is 12.3. The van der Waals surface area contributed by atoms with E-state index >= 15 is 0 Å². The molecule has 1 amide bonds. The number of benzene rings is 1. The molecule has 1 aliphatic rings. The molecule has 114 valence electrons. The molecule has 3 heterocycles. The second-order valence-corrected chi connectivity index (χ2v) is 5.36. The number of nitrogens with zero attached hydrogens (tertiary/aromatic N) is 2. The quantitative estimate of drug-likeness (QED) is 0.802. The molecule has 0 spiro atoms. The number of hydrogen-bond acceptors (Lipinski definition) is 4. The zero-order valence-electron chi connectivity index (χ0n) is 12.3. The van der Waals surface area contributed by atoms with Gasteiger partial charge in [0.05, 0.1) is 24.1 Å². The first-order valence-corrected chi connectivity index (χ1v) is 7.43. The number of hydrogen-bond donors (Lipinski definition) is 1. The first-order valence-electron chi connectivity index (χ1n) is 7.43. The van der Waals surface area contributed by atoms with E-state index in [2.05, 4.69) is 10.3 Å². The third kappa shape index (κ3) is 2.46. The maximum Gasteiger partial charge on any atom is 0.258 e. The van der Waals surface area contributed by atoms with Crippen LogP contribution in [0.1, 0.15) is 28.0 Å². The lowest BCUT2D eigenvalue weighted by Gasteiger charge is -2.25. The van der Waals surface area contributed by atoms with Crippen LogP contribution in [0, 0.1) is 0 Å². The predicted molar refractivity (Wildman–Crippen MR) is 85.6 cm³/mol. The third-order valence-electron chi connectivity index (χ3n) is 3.88. The van der Waals surface area contributed by atoms with Gasteiger partial charge in [-0.25, -0.2) is 0 Å². The Morgan fingerprint density at radius 3 is 2.74 bits per heavy atom. The molecule has 1 atom stereocenters. The van der Waals surface area contributed by atoms with Crippen LogP contribution in [0.3, 0.4) is 0 Å². The average molecular weight is 305 g/mol. The summed E-state index contributed by atoms with van der Waals surface area (Å²) in [6, 6.07) is 17.1. The fourth-order valence-electron chi connectivity index (χ4n) is 2.81. The number of carbonyl (C=O) groups is 1. The van der Waals surface area contributed by atoms with Crippen LogP contribution in [-0.4, -0.2) is 15.8 Å². The molecule has 0 saturated carbocycles. The monoisotopic (exact) mass is 305 g/mol. The Balaban J connectivity index is 1.70. The first-order chi connectivity index (χ1) is 11.3. The largest absolute Gasteiger partial charge is 0.467 e. The van der Waals surface area contributed by atoms with Crippen molar-refractivity contribution >= 4 is 11.6 Å². The first kappa shape index (κ1) is 13.6. The van der Waals surface area contributed by atoms with Crippen LogP contribution in [0.15, 0.2) is 71.5 Å². The summed E-state index contributed by atoms with van der Waals surface area (Å²) < 4.78 is 5.40. The summed E-state index contributed by atoms with van der Waals surface area (Å²) in [5.41, 5.74) is 2.31. The average Bonchev–Trinajstić information content (AvgIpc) is 3.19. The van der Waals surface area contributed by atoms with E-state index in [4.69, 9.17) is 4.42 Å². The highest BCUT2D eigenvalue weighted by Crippen LogP contribution is 2.34. The van der Waals surface area contributed by atoms with E-state index in [9.17, 15) is 4.79 Å². The molecule has 2 aromatic heterocycles. The van der Waals surface area contributed by atoms with Crippen LogP contribution >= 0.6 is 0 Å². The van der Waals surface area contributed by atoms with Gasteiger partial charge in [-0.05, 0) is 36.4 Å². The minimum atomic E-state index is -0.314. The van der Waals surface area contributed by atoms with Crippen molar-refractivity contribution in [3.05, 3.63) is 84.1 Å². The molecule has 0 radical (unpaired) electrons. The molecule has 0 unspecified atom stereocenters. The van der Waals surface area contributed by atoms with Gasteiger partial charge in [0.15, 0.2) is 0 Å². The van der Waals surface area contributed by atoms with Gasteiger partial charge in [-0.1, -0.05) is 18.2 Å². The van der Waals surface area contributed by atoms with Crippen molar-refractivity contribution in [1.82, 2.24) is 9.88 Å². The van der Waals surface area contributed by atoms with Crippen molar-refractivity contribution in [3.63, 3.8) is 0 Å². The highest BCUT2D eigenvalue weighted by atomic mass is 16.3. The molecule has 3 aromatic rings. The fourth-order valence-corrected chi connectivity index (χ4v) is 2.81. The third-order valence-corrected chi connectivity index (χ3v) is 3.88. The highest BCUT2D eigenvalue weighted by molar-refractivity contribution is 5.98. The minimum absolute atomic E-state index is 0.0436. The zero-order chi connectivity index (χ0) is 15.6. The van der Waals surface area contributed by atoms with Crippen LogP contribution in [0.2, 0.25) is 0 Å². The van der Waals surface area contributed by atoms with Crippen molar-refractivity contribution < 1.29 is 9.21 Å². The minimum Gasteiger partial charge on any atom is -0.467 e. The predicted octanol–water partition coefficient (Wildman–Crippen LogP) is 3.44. The smallest absolute Gasteiger partial charge is 0.258 e. The van der Waals surface area contributed by atoms with Gasteiger partial charge in [0.25, 0.3) is 5.91 Å². The normalized spacial score (nSPS) is 16.4. The van der Waals surface area contributed by atoms with Crippen LogP contribution in [-0.2, 0) is 6.54 Å². The van der Waals surface area contributed by atoms with Gasteiger partial charge < -0.3 is 14.6 Å². The van der Waals surface area contributed by atoms with Crippen molar-refractivity contribution in [2.45, 2.75) is 12.7 Å². The number of anilines is 1. The van der Waals surface area contributed by atoms with E-state index in [0.29, 0.717) is 12.1 Å². The summed E-state index contributed by atoms with van der Waals surface area (Å²) in [4.78, 5) is 18.9. The van der Waals surface area contributed by atoms with Gasteiger partial charge in [0.1, 0.15) is 11.9 Å². The molecule has 0 saturated heterocycles. The maximum atomic E-state index is 12.7. The number of amides is 1. The molecule has 4 rings (SSSR count). The lowest BCUT2D eigenvalue weighted by atomic mass is 10.2. The Kier molecular flexibility index (Phi) is 3.31. The number of fused-ring (bicyclic) bond motifs is 1. The van der Waals surface area contributed by atoms with Crippen molar-refractivity contribution in [2.24, 2.45) is 0 Å². The van der Waals surface area contributed by atoms with Crippen LogP contribution in [0.4, 0.5) is 5.69 Å². The molecule has 5 nitrogen and oxygen atoms in total. The van der Waals surface area contributed by atoms with Gasteiger partial charge >= 0.3 is 0 Å².